The lowest BCUT2D eigenvalue weighted by atomic mass is 9.82. The first-order valence-electron chi connectivity index (χ1n) is 5.31. The maximum atomic E-state index is 9.53. The minimum atomic E-state index is -0.215. The van der Waals surface area contributed by atoms with Gasteiger partial charge in [-0.15, -0.1) is 0 Å². The quantitative estimate of drug-likeness (QED) is 0.729. The van der Waals surface area contributed by atoms with Crippen LogP contribution in [-0.4, -0.2) is 24.4 Å². The van der Waals surface area contributed by atoms with E-state index >= 15 is 0 Å². The largest absolute Gasteiger partial charge is 0.390 e. The highest BCUT2D eigenvalue weighted by Gasteiger charge is 2.27. The van der Waals surface area contributed by atoms with Gasteiger partial charge in [-0.1, -0.05) is 27.2 Å². The molecule has 0 bridgehead atoms. The summed E-state index contributed by atoms with van der Waals surface area (Å²) < 4.78 is 5.22. The predicted octanol–water partition coefficient (Wildman–Crippen LogP) is 2.21. The van der Waals surface area contributed by atoms with Crippen molar-refractivity contribution < 1.29 is 9.84 Å². The van der Waals surface area contributed by atoms with Crippen LogP contribution in [-0.2, 0) is 4.74 Å². The van der Waals surface area contributed by atoms with Gasteiger partial charge in [-0.3, -0.25) is 0 Å². The van der Waals surface area contributed by atoms with Crippen molar-refractivity contribution in [1.29, 1.82) is 0 Å². The van der Waals surface area contributed by atoms with Crippen LogP contribution >= 0.6 is 0 Å². The van der Waals surface area contributed by atoms with E-state index in [1.54, 1.807) is 0 Å². The number of ether oxygens (including phenoxy) is 1. The van der Waals surface area contributed by atoms with Crippen molar-refractivity contribution in [3.63, 3.8) is 0 Å². The Labute approximate surface area is 81.3 Å². The number of hydrogen-bond donors (Lipinski definition) is 1. The number of aliphatic hydroxyl groups is 1. The summed E-state index contributed by atoms with van der Waals surface area (Å²) >= 11 is 0. The van der Waals surface area contributed by atoms with Crippen molar-refractivity contribution in [1.82, 2.24) is 0 Å². The van der Waals surface area contributed by atoms with Crippen molar-refractivity contribution >= 4 is 0 Å². The number of aliphatic hydroxyl groups excluding tert-OH is 1. The summed E-state index contributed by atoms with van der Waals surface area (Å²) in [4.78, 5) is 0. The van der Waals surface area contributed by atoms with Gasteiger partial charge >= 0.3 is 0 Å². The van der Waals surface area contributed by atoms with Crippen LogP contribution in [0.1, 0.15) is 40.0 Å². The molecule has 13 heavy (non-hydrogen) atoms. The van der Waals surface area contributed by atoms with Crippen LogP contribution in [0.4, 0.5) is 0 Å². The Balaban J connectivity index is 2.25. The summed E-state index contributed by atoms with van der Waals surface area (Å²) in [6.45, 7) is 8.09. The summed E-state index contributed by atoms with van der Waals surface area (Å²) in [6.07, 6.45) is 3.28. The van der Waals surface area contributed by atoms with Crippen LogP contribution in [0.15, 0.2) is 0 Å². The third-order valence-electron chi connectivity index (χ3n) is 3.31. The molecule has 1 N–H and O–H groups in total. The molecule has 0 saturated carbocycles. The van der Waals surface area contributed by atoms with E-state index < -0.39 is 0 Å². The average molecular weight is 186 g/mol. The zero-order valence-electron chi connectivity index (χ0n) is 9.05. The molecule has 1 heterocycles. The van der Waals surface area contributed by atoms with Gasteiger partial charge in [0.2, 0.25) is 0 Å². The van der Waals surface area contributed by atoms with Crippen molar-refractivity contribution in [3.05, 3.63) is 0 Å². The summed E-state index contributed by atoms with van der Waals surface area (Å²) in [5.41, 5.74) is 0.419. The minimum Gasteiger partial charge on any atom is -0.390 e. The van der Waals surface area contributed by atoms with E-state index in [1.165, 1.54) is 12.8 Å². The molecule has 2 heteroatoms. The van der Waals surface area contributed by atoms with Gasteiger partial charge in [-0.25, -0.2) is 0 Å². The molecule has 78 valence electrons. The molecule has 0 unspecified atom stereocenters. The Bertz CT molecular complexity index is 154. The van der Waals surface area contributed by atoms with Gasteiger partial charge in [0.25, 0.3) is 0 Å². The molecule has 0 spiro atoms. The zero-order chi connectivity index (χ0) is 9.90. The lowest BCUT2D eigenvalue weighted by Gasteiger charge is -2.24. The highest BCUT2D eigenvalue weighted by Crippen LogP contribution is 2.30. The molecule has 2 nitrogen and oxygen atoms in total. The fourth-order valence-electron chi connectivity index (χ4n) is 1.62. The fraction of sp³-hybridized carbons (Fsp3) is 1.00. The molecule has 0 radical (unpaired) electrons. The lowest BCUT2D eigenvalue weighted by molar-refractivity contribution is 0.114. The second-order valence-electron chi connectivity index (χ2n) is 4.92. The highest BCUT2D eigenvalue weighted by atomic mass is 16.5. The maximum Gasteiger partial charge on any atom is 0.0823 e. The molecule has 1 aliphatic heterocycles. The van der Waals surface area contributed by atoms with Gasteiger partial charge in [0, 0.05) is 5.92 Å². The molecule has 1 saturated heterocycles. The van der Waals surface area contributed by atoms with Crippen LogP contribution < -0.4 is 0 Å². The second kappa shape index (κ2) is 4.43. The molecule has 0 aromatic carbocycles. The van der Waals surface area contributed by atoms with E-state index in [9.17, 15) is 5.11 Å². The van der Waals surface area contributed by atoms with Crippen LogP contribution in [0.2, 0.25) is 0 Å². The predicted molar refractivity (Wildman–Crippen MR) is 53.6 cm³/mol. The Morgan fingerprint density at radius 1 is 1.38 bits per heavy atom. The SMILES string of the molecule is CCC(C)(C)CC[C@@H]1COC[C@H]1O. The Hall–Kier alpha value is -0.0800. The van der Waals surface area contributed by atoms with Crippen LogP contribution in [0.5, 0.6) is 0 Å². The van der Waals surface area contributed by atoms with E-state index in [2.05, 4.69) is 20.8 Å². The zero-order valence-corrected chi connectivity index (χ0v) is 9.05. The highest BCUT2D eigenvalue weighted by molar-refractivity contribution is 4.77. The van der Waals surface area contributed by atoms with Crippen LogP contribution in [0.25, 0.3) is 0 Å². The van der Waals surface area contributed by atoms with E-state index in [0.29, 0.717) is 17.9 Å². The maximum absolute atomic E-state index is 9.53. The van der Waals surface area contributed by atoms with Crippen molar-refractivity contribution in [2.75, 3.05) is 13.2 Å². The normalized spacial score (nSPS) is 29.5. The van der Waals surface area contributed by atoms with Gasteiger partial charge in [-0.2, -0.15) is 0 Å². The van der Waals surface area contributed by atoms with Gasteiger partial charge in [0.1, 0.15) is 0 Å². The van der Waals surface area contributed by atoms with E-state index in [1.807, 2.05) is 0 Å². The molecule has 2 atom stereocenters. The first-order chi connectivity index (χ1) is 6.05. The first kappa shape index (κ1) is 11.0. The van der Waals surface area contributed by atoms with Crippen molar-refractivity contribution in [2.24, 2.45) is 11.3 Å². The second-order valence-corrected chi connectivity index (χ2v) is 4.92. The monoisotopic (exact) mass is 186 g/mol. The molecule has 1 aliphatic rings. The standard InChI is InChI=1S/C11H22O2/c1-4-11(2,3)6-5-9-7-13-8-10(9)12/h9-10,12H,4-8H2,1-3H3/t9-,10-/m1/s1. The molecular weight excluding hydrogens is 164 g/mol. The van der Waals surface area contributed by atoms with E-state index in [4.69, 9.17) is 4.74 Å². The molecule has 1 rings (SSSR count). The van der Waals surface area contributed by atoms with Crippen molar-refractivity contribution in [2.45, 2.75) is 46.1 Å². The summed E-state index contributed by atoms with van der Waals surface area (Å²) in [5, 5.41) is 9.53. The minimum absolute atomic E-state index is 0.215. The van der Waals surface area contributed by atoms with Crippen LogP contribution in [0.3, 0.4) is 0 Å². The van der Waals surface area contributed by atoms with E-state index in [-0.39, 0.29) is 6.10 Å². The van der Waals surface area contributed by atoms with E-state index in [0.717, 1.165) is 13.0 Å². The van der Waals surface area contributed by atoms with Crippen LogP contribution in [0, 0.1) is 11.3 Å². The molecule has 1 fully saturated rings. The Morgan fingerprint density at radius 3 is 2.54 bits per heavy atom. The molecular formula is C11H22O2. The summed E-state index contributed by atoms with van der Waals surface area (Å²) in [5.74, 6) is 0.380. The summed E-state index contributed by atoms with van der Waals surface area (Å²) in [6, 6.07) is 0. The van der Waals surface area contributed by atoms with Crippen molar-refractivity contribution in [3.8, 4) is 0 Å². The number of rotatable bonds is 4. The molecule has 0 aromatic heterocycles. The molecule has 0 amide bonds. The first-order valence-corrected chi connectivity index (χ1v) is 5.31. The topological polar surface area (TPSA) is 29.5 Å². The third kappa shape index (κ3) is 3.28. The van der Waals surface area contributed by atoms with Gasteiger partial charge in [-0.05, 0) is 18.3 Å². The Morgan fingerprint density at radius 2 is 2.08 bits per heavy atom. The smallest absolute Gasteiger partial charge is 0.0823 e. The van der Waals surface area contributed by atoms with Gasteiger partial charge < -0.3 is 9.84 Å². The molecule has 0 aliphatic carbocycles. The fourth-order valence-corrected chi connectivity index (χ4v) is 1.62. The lowest BCUT2D eigenvalue weighted by Crippen LogP contribution is -2.20. The summed E-state index contributed by atoms with van der Waals surface area (Å²) in [7, 11) is 0. The Kier molecular flexibility index (Phi) is 3.74. The van der Waals surface area contributed by atoms with Gasteiger partial charge in [0.15, 0.2) is 0 Å². The molecule has 0 aromatic rings. The average Bonchev–Trinajstić information content (AvgIpc) is 2.48. The van der Waals surface area contributed by atoms with Gasteiger partial charge in [0.05, 0.1) is 19.3 Å². The third-order valence-corrected chi connectivity index (χ3v) is 3.31. The number of hydrogen-bond acceptors (Lipinski definition) is 2.